The van der Waals surface area contributed by atoms with Crippen LogP contribution in [0.2, 0.25) is 0 Å². The maximum Gasteiger partial charge on any atom is 0.276 e. The molecule has 3 rings (SSSR count). The van der Waals surface area contributed by atoms with Crippen molar-refractivity contribution >= 4 is 46.9 Å². The Morgan fingerprint density at radius 2 is 1.59 bits per heavy atom. The second kappa shape index (κ2) is 11.4. The van der Waals surface area contributed by atoms with Crippen LogP contribution in [0.3, 0.4) is 0 Å². The first-order valence-electron chi connectivity index (χ1n) is 9.97. The lowest BCUT2D eigenvalue weighted by Gasteiger charge is -2.12. The first kappa shape index (κ1) is 24.2. The fraction of sp³-hybridized carbons (Fsp3) is 0.0417. The van der Waals surface area contributed by atoms with Crippen molar-refractivity contribution in [2.45, 2.75) is 4.90 Å². The summed E-state index contributed by atoms with van der Waals surface area (Å²) in [4.78, 5) is 48.3. The zero-order chi connectivity index (χ0) is 24.5. The predicted molar refractivity (Wildman–Crippen MR) is 130 cm³/mol. The summed E-state index contributed by atoms with van der Waals surface area (Å²) in [6, 6.07) is 20.8. The number of para-hydroxylation sites is 1. The Bertz CT molecular complexity index is 1240. The molecule has 9 nitrogen and oxygen atoms in total. The van der Waals surface area contributed by atoms with Crippen molar-refractivity contribution in [1.29, 1.82) is 0 Å². The number of benzene rings is 3. The number of hydrogen-bond acceptors (Lipinski definition) is 6. The largest absolute Gasteiger partial charge is 0.369 e. The van der Waals surface area contributed by atoms with Crippen molar-refractivity contribution in [2.75, 3.05) is 11.1 Å². The van der Waals surface area contributed by atoms with Crippen LogP contribution in [0.15, 0.2) is 89.5 Å². The number of nitrogens with two attached hydrogens (primary N) is 1. The average Bonchev–Trinajstić information content (AvgIpc) is 2.83. The Labute approximate surface area is 199 Å². The van der Waals surface area contributed by atoms with Crippen LogP contribution in [0.25, 0.3) is 6.08 Å². The molecule has 3 amide bonds. The summed E-state index contributed by atoms with van der Waals surface area (Å²) < 4.78 is 0. The standard InChI is InChI=1S/C24H20N4O5S/c25-22(29)15-34-19-12-10-18(11-13-19)26-24(31)20(27-23(30)16-6-2-1-3-7-16)14-17-8-4-5-9-21(17)28(32)33/h1-14H,15H2,(H2,25,29)(H,26,31)(H,27,30)/b20-14+. The lowest BCUT2D eigenvalue weighted by molar-refractivity contribution is -0.385. The number of hydrogen-bond donors (Lipinski definition) is 3. The Morgan fingerprint density at radius 1 is 0.941 bits per heavy atom. The molecule has 0 spiro atoms. The summed E-state index contributed by atoms with van der Waals surface area (Å²) in [5.74, 6) is -1.53. The number of primary amides is 1. The van der Waals surface area contributed by atoms with Crippen LogP contribution in [-0.2, 0) is 9.59 Å². The van der Waals surface area contributed by atoms with E-state index < -0.39 is 22.6 Å². The van der Waals surface area contributed by atoms with Gasteiger partial charge in [-0.05, 0) is 48.5 Å². The molecule has 0 saturated heterocycles. The molecule has 0 radical (unpaired) electrons. The molecule has 3 aromatic carbocycles. The van der Waals surface area contributed by atoms with Gasteiger partial charge in [0.05, 0.1) is 16.2 Å². The summed E-state index contributed by atoms with van der Waals surface area (Å²) in [7, 11) is 0. The third kappa shape index (κ3) is 6.78. The van der Waals surface area contributed by atoms with Gasteiger partial charge in [0.15, 0.2) is 0 Å². The van der Waals surface area contributed by atoms with Crippen molar-refractivity contribution < 1.29 is 19.3 Å². The molecule has 0 aromatic heterocycles. The predicted octanol–water partition coefficient (Wildman–Crippen LogP) is 3.58. The van der Waals surface area contributed by atoms with Crippen molar-refractivity contribution in [2.24, 2.45) is 5.73 Å². The second-order valence-electron chi connectivity index (χ2n) is 6.93. The van der Waals surface area contributed by atoms with Gasteiger partial charge in [0.25, 0.3) is 17.5 Å². The summed E-state index contributed by atoms with van der Waals surface area (Å²) in [5, 5.41) is 16.6. The third-order valence-corrected chi connectivity index (χ3v) is 5.49. The molecular weight excluding hydrogens is 456 g/mol. The number of carbonyl (C=O) groups excluding carboxylic acids is 3. The van der Waals surface area contributed by atoms with Crippen LogP contribution < -0.4 is 16.4 Å². The molecule has 34 heavy (non-hydrogen) atoms. The lowest BCUT2D eigenvalue weighted by Crippen LogP contribution is -2.30. The van der Waals surface area contributed by atoms with Gasteiger partial charge in [-0.2, -0.15) is 0 Å². The van der Waals surface area contributed by atoms with Gasteiger partial charge in [-0.25, -0.2) is 0 Å². The fourth-order valence-corrected chi connectivity index (χ4v) is 3.50. The Balaban J connectivity index is 1.87. The first-order valence-corrected chi connectivity index (χ1v) is 11.0. The molecule has 0 unspecified atom stereocenters. The molecule has 0 heterocycles. The highest BCUT2D eigenvalue weighted by atomic mass is 32.2. The number of amides is 3. The van der Waals surface area contributed by atoms with Crippen LogP contribution in [0.4, 0.5) is 11.4 Å². The van der Waals surface area contributed by atoms with E-state index in [0.717, 1.165) is 4.90 Å². The smallest absolute Gasteiger partial charge is 0.276 e. The van der Waals surface area contributed by atoms with Gasteiger partial charge in [-0.15, -0.1) is 11.8 Å². The molecule has 0 fully saturated rings. The van der Waals surface area contributed by atoms with Crippen molar-refractivity contribution in [3.05, 3.63) is 106 Å². The minimum atomic E-state index is -0.667. The maximum absolute atomic E-state index is 13.0. The first-order chi connectivity index (χ1) is 16.3. The van der Waals surface area contributed by atoms with Gasteiger partial charge in [0.1, 0.15) is 5.70 Å². The quantitative estimate of drug-likeness (QED) is 0.186. The van der Waals surface area contributed by atoms with E-state index in [2.05, 4.69) is 10.6 Å². The topological polar surface area (TPSA) is 144 Å². The summed E-state index contributed by atoms with van der Waals surface area (Å²) >= 11 is 1.26. The monoisotopic (exact) mass is 476 g/mol. The van der Waals surface area contributed by atoms with Gasteiger partial charge in [0, 0.05) is 22.2 Å². The van der Waals surface area contributed by atoms with Crippen LogP contribution >= 0.6 is 11.8 Å². The molecule has 10 heteroatoms. The molecule has 3 aromatic rings. The lowest BCUT2D eigenvalue weighted by atomic mass is 10.1. The molecule has 0 bridgehead atoms. The number of rotatable bonds is 9. The minimum absolute atomic E-state index is 0.125. The highest BCUT2D eigenvalue weighted by molar-refractivity contribution is 8.00. The molecule has 0 atom stereocenters. The number of thioether (sulfide) groups is 1. The maximum atomic E-state index is 13.0. The van der Waals surface area contributed by atoms with E-state index in [4.69, 9.17) is 5.73 Å². The number of anilines is 1. The zero-order valence-electron chi connectivity index (χ0n) is 17.8. The number of nitro groups is 1. The van der Waals surface area contributed by atoms with Crippen LogP contribution in [0.5, 0.6) is 0 Å². The number of nitrogens with zero attached hydrogens (tertiary/aromatic N) is 1. The van der Waals surface area contributed by atoms with Crippen LogP contribution in [-0.4, -0.2) is 28.4 Å². The Morgan fingerprint density at radius 3 is 2.24 bits per heavy atom. The van der Waals surface area contributed by atoms with E-state index in [1.165, 1.54) is 36.0 Å². The summed E-state index contributed by atoms with van der Waals surface area (Å²) in [6.45, 7) is 0. The number of carbonyl (C=O) groups is 3. The molecule has 0 aliphatic rings. The molecule has 172 valence electrons. The van der Waals surface area contributed by atoms with Crippen molar-refractivity contribution in [3.8, 4) is 0 Å². The Kier molecular flexibility index (Phi) is 8.14. The molecule has 0 saturated carbocycles. The normalized spacial score (nSPS) is 10.9. The summed E-state index contributed by atoms with van der Waals surface area (Å²) in [5.41, 5.74) is 5.66. The second-order valence-corrected chi connectivity index (χ2v) is 7.98. The van der Waals surface area contributed by atoms with Gasteiger partial charge in [-0.3, -0.25) is 24.5 Å². The molecule has 0 aliphatic carbocycles. The van der Waals surface area contributed by atoms with Gasteiger partial charge in [-0.1, -0.05) is 30.3 Å². The fourth-order valence-electron chi connectivity index (χ4n) is 2.86. The van der Waals surface area contributed by atoms with E-state index >= 15 is 0 Å². The molecule has 4 N–H and O–H groups in total. The minimum Gasteiger partial charge on any atom is -0.369 e. The SMILES string of the molecule is NC(=O)CSc1ccc(NC(=O)/C(=C\c2ccccc2[N+](=O)[O-])NC(=O)c2ccccc2)cc1. The Hall–Kier alpha value is -4.44. The van der Waals surface area contributed by atoms with Gasteiger partial charge in [0.2, 0.25) is 5.91 Å². The zero-order valence-corrected chi connectivity index (χ0v) is 18.6. The van der Waals surface area contributed by atoms with Crippen LogP contribution in [0.1, 0.15) is 15.9 Å². The van der Waals surface area contributed by atoms with E-state index in [-0.39, 0.29) is 22.7 Å². The third-order valence-electron chi connectivity index (χ3n) is 4.46. The van der Waals surface area contributed by atoms with E-state index in [0.29, 0.717) is 11.3 Å². The highest BCUT2D eigenvalue weighted by Gasteiger charge is 2.18. The van der Waals surface area contributed by atoms with E-state index in [1.54, 1.807) is 60.7 Å². The van der Waals surface area contributed by atoms with E-state index in [1.807, 2.05) is 0 Å². The molecular formula is C24H20N4O5S. The van der Waals surface area contributed by atoms with Crippen LogP contribution in [0, 0.1) is 10.1 Å². The number of nitrogens with one attached hydrogen (secondary N) is 2. The van der Waals surface area contributed by atoms with Crippen molar-refractivity contribution in [3.63, 3.8) is 0 Å². The van der Waals surface area contributed by atoms with Gasteiger partial charge < -0.3 is 16.4 Å². The molecule has 0 aliphatic heterocycles. The number of nitro benzene ring substituents is 1. The average molecular weight is 477 g/mol. The van der Waals surface area contributed by atoms with Gasteiger partial charge >= 0.3 is 0 Å². The highest BCUT2D eigenvalue weighted by Crippen LogP contribution is 2.22. The van der Waals surface area contributed by atoms with E-state index in [9.17, 15) is 24.5 Å². The van der Waals surface area contributed by atoms with Crippen molar-refractivity contribution in [1.82, 2.24) is 5.32 Å². The summed E-state index contributed by atoms with van der Waals surface area (Å²) in [6.07, 6.45) is 1.26.